The smallest absolute Gasteiger partial charge is 0.0982 e. The first-order valence-corrected chi connectivity index (χ1v) is 7.82. The van der Waals surface area contributed by atoms with Crippen molar-refractivity contribution < 1.29 is 0 Å². The summed E-state index contributed by atoms with van der Waals surface area (Å²) in [5, 5.41) is 4.42. The van der Waals surface area contributed by atoms with Gasteiger partial charge in [0.05, 0.1) is 15.7 Å². The lowest BCUT2D eigenvalue weighted by Crippen LogP contribution is -2.10. The van der Waals surface area contributed by atoms with E-state index in [9.17, 15) is 0 Å². The molecule has 0 aliphatic heterocycles. The van der Waals surface area contributed by atoms with Crippen LogP contribution in [-0.4, -0.2) is 9.97 Å². The fraction of sp³-hybridized carbons (Fsp3) is 0.429. The maximum Gasteiger partial charge on any atom is 0.0982 e. The highest BCUT2D eigenvalue weighted by Gasteiger charge is 2.17. The van der Waals surface area contributed by atoms with Crippen LogP contribution in [0.2, 0.25) is 0 Å². The molecule has 0 aliphatic carbocycles. The summed E-state index contributed by atoms with van der Waals surface area (Å²) in [6.45, 7) is 8.65. The van der Waals surface area contributed by atoms with E-state index in [1.54, 1.807) is 23.1 Å². The van der Waals surface area contributed by atoms with Gasteiger partial charge in [-0.1, -0.05) is 26.8 Å². The van der Waals surface area contributed by atoms with Gasteiger partial charge in [0.2, 0.25) is 0 Å². The van der Waals surface area contributed by atoms with E-state index in [1.807, 2.05) is 6.20 Å². The van der Waals surface area contributed by atoms with E-state index >= 15 is 0 Å². The topological polar surface area (TPSA) is 25.8 Å². The molecule has 18 heavy (non-hydrogen) atoms. The van der Waals surface area contributed by atoms with Crippen LogP contribution >= 0.6 is 23.1 Å². The van der Waals surface area contributed by atoms with Crippen LogP contribution in [0.15, 0.2) is 28.7 Å². The van der Waals surface area contributed by atoms with Gasteiger partial charge in [-0.05, 0) is 18.6 Å². The summed E-state index contributed by atoms with van der Waals surface area (Å²) < 4.78 is 0. The van der Waals surface area contributed by atoms with Gasteiger partial charge in [-0.2, -0.15) is 0 Å². The molecule has 2 aromatic rings. The van der Waals surface area contributed by atoms with Crippen LogP contribution in [0.4, 0.5) is 0 Å². The fourth-order valence-electron chi connectivity index (χ4n) is 1.41. The van der Waals surface area contributed by atoms with Crippen molar-refractivity contribution in [2.24, 2.45) is 0 Å². The molecule has 0 saturated heterocycles. The highest BCUT2D eigenvalue weighted by atomic mass is 32.2. The Hall–Kier alpha value is -0.870. The Kier molecular flexibility index (Phi) is 4.07. The fourth-order valence-corrected chi connectivity index (χ4v) is 3.15. The lowest BCUT2D eigenvalue weighted by molar-refractivity contribution is 0.584. The van der Waals surface area contributed by atoms with Crippen LogP contribution in [0.25, 0.3) is 0 Å². The Bertz CT molecular complexity index is 509. The molecule has 0 aromatic carbocycles. The number of aromatic nitrogens is 2. The first kappa shape index (κ1) is 13.6. The van der Waals surface area contributed by atoms with E-state index in [0.717, 1.165) is 16.5 Å². The van der Waals surface area contributed by atoms with Crippen molar-refractivity contribution in [2.45, 2.75) is 43.9 Å². The number of pyridine rings is 1. The molecule has 4 heteroatoms. The molecule has 0 fully saturated rings. The molecule has 2 rings (SSSR count). The number of thioether (sulfide) groups is 1. The molecule has 0 saturated carbocycles. The second kappa shape index (κ2) is 5.41. The number of nitrogens with zero attached hydrogens (tertiary/aromatic N) is 2. The molecule has 0 unspecified atom stereocenters. The molecule has 0 spiro atoms. The van der Waals surface area contributed by atoms with Crippen LogP contribution in [-0.2, 0) is 11.2 Å². The van der Waals surface area contributed by atoms with Gasteiger partial charge in [0.15, 0.2) is 0 Å². The number of aryl methyl sites for hydroxylation is 1. The van der Waals surface area contributed by atoms with Crippen LogP contribution in [0.5, 0.6) is 0 Å². The number of thiazole rings is 1. The maximum atomic E-state index is 4.68. The second-order valence-corrected chi connectivity index (χ2v) is 7.21. The van der Waals surface area contributed by atoms with Crippen molar-refractivity contribution in [1.82, 2.24) is 9.97 Å². The summed E-state index contributed by atoms with van der Waals surface area (Å²) in [5.74, 6) is 0.892. The number of rotatable bonds is 3. The van der Waals surface area contributed by atoms with Gasteiger partial charge in [-0.3, -0.25) is 0 Å². The molecular weight excluding hydrogens is 260 g/mol. The molecule has 0 N–H and O–H groups in total. The van der Waals surface area contributed by atoms with E-state index in [4.69, 9.17) is 0 Å². The largest absolute Gasteiger partial charge is 0.250 e. The standard InChI is InChI=1S/C14H18N2S2/c1-10-5-6-12(15-7-10)17-8-11-9-18-13(16-11)14(2,3)4/h5-7,9H,8H2,1-4H3. The zero-order valence-corrected chi connectivity index (χ0v) is 12.9. The van der Waals surface area contributed by atoms with E-state index in [0.29, 0.717) is 0 Å². The van der Waals surface area contributed by atoms with Gasteiger partial charge >= 0.3 is 0 Å². The highest BCUT2D eigenvalue weighted by Crippen LogP contribution is 2.28. The van der Waals surface area contributed by atoms with Gasteiger partial charge in [0.1, 0.15) is 0 Å². The van der Waals surface area contributed by atoms with Crippen molar-refractivity contribution in [1.29, 1.82) is 0 Å². The van der Waals surface area contributed by atoms with Gasteiger partial charge in [0, 0.05) is 22.7 Å². The third-order valence-corrected chi connectivity index (χ3v) is 4.74. The van der Waals surface area contributed by atoms with Gasteiger partial charge in [-0.25, -0.2) is 9.97 Å². The summed E-state index contributed by atoms with van der Waals surface area (Å²) in [7, 11) is 0. The minimum absolute atomic E-state index is 0.149. The highest BCUT2D eigenvalue weighted by molar-refractivity contribution is 7.98. The summed E-state index contributed by atoms with van der Waals surface area (Å²) in [6.07, 6.45) is 1.91. The van der Waals surface area contributed by atoms with Crippen molar-refractivity contribution in [3.63, 3.8) is 0 Å². The van der Waals surface area contributed by atoms with Crippen molar-refractivity contribution in [2.75, 3.05) is 0 Å². The van der Waals surface area contributed by atoms with Crippen molar-refractivity contribution in [3.05, 3.63) is 40.0 Å². The molecule has 2 heterocycles. The normalized spacial score (nSPS) is 11.8. The molecule has 96 valence electrons. The van der Waals surface area contributed by atoms with E-state index < -0.39 is 0 Å². The molecule has 0 amide bonds. The summed E-state index contributed by atoms with van der Waals surface area (Å²) in [6, 6.07) is 4.16. The van der Waals surface area contributed by atoms with Crippen LogP contribution in [0.3, 0.4) is 0 Å². The van der Waals surface area contributed by atoms with Crippen LogP contribution in [0, 0.1) is 6.92 Å². The van der Waals surface area contributed by atoms with Crippen molar-refractivity contribution >= 4 is 23.1 Å². The summed E-state index contributed by atoms with van der Waals surface area (Å²) in [5.41, 5.74) is 2.50. The Morgan fingerprint density at radius 3 is 2.61 bits per heavy atom. The Labute approximate surface area is 117 Å². The molecule has 0 bridgehead atoms. The molecule has 0 aliphatic rings. The zero-order chi connectivity index (χ0) is 13.2. The minimum atomic E-state index is 0.149. The Morgan fingerprint density at radius 2 is 2.06 bits per heavy atom. The minimum Gasteiger partial charge on any atom is -0.250 e. The first-order chi connectivity index (χ1) is 8.45. The average Bonchev–Trinajstić information content (AvgIpc) is 2.77. The third kappa shape index (κ3) is 3.56. The van der Waals surface area contributed by atoms with Gasteiger partial charge in [0.25, 0.3) is 0 Å². The summed E-state index contributed by atoms with van der Waals surface area (Å²) in [4.78, 5) is 9.07. The Morgan fingerprint density at radius 1 is 1.28 bits per heavy atom. The Balaban J connectivity index is 1.98. The first-order valence-electron chi connectivity index (χ1n) is 5.95. The molecule has 0 atom stereocenters. The number of hydrogen-bond acceptors (Lipinski definition) is 4. The monoisotopic (exact) mass is 278 g/mol. The number of hydrogen-bond donors (Lipinski definition) is 0. The average molecular weight is 278 g/mol. The van der Waals surface area contributed by atoms with Gasteiger partial charge < -0.3 is 0 Å². The second-order valence-electron chi connectivity index (χ2n) is 5.36. The third-order valence-electron chi connectivity index (χ3n) is 2.45. The molecule has 2 aromatic heterocycles. The quantitative estimate of drug-likeness (QED) is 0.776. The van der Waals surface area contributed by atoms with Gasteiger partial charge in [-0.15, -0.1) is 23.1 Å². The lowest BCUT2D eigenvalue weighted by atomic mass is 9.98. The molecular formula is C14H18N2S2. The zero-order valence-electron chi connectivity index (χ0n) is 11.2. The van der Waals surface area contributed by atoms with Crippen molar-refractivity contribution in [3.8, 4) is 0 Å². The SMILES string of the molecule is Cc1ccc(SCc2csc(C(C)(C)C)n2)nc1. The molecule has 2 nitrogen and oxygen atoms in total. The lowest BCUT2D eigenvalue weighted by Gasteiger charge is -2.13. The van der Waals surface area contributed by atoms with E-state index in [-0.39, 0.29) is 5.41 Å². The predicted octanol–water partition coefficient (Wildman–Crippen LogP) is 4.44. The maximum absolute atomic E-state index is 4.68. The van der Waals surface area contributed by atoms with Crippen LogP contribution < -0.4 is 0 Å². The summed E-state index contributed by atoms with van der Waals surface area (Å²) >= 11 is 3.49. The molecule has 0 radical (unpaired) electrons. The van der Waals surface area contributed by atoms with Crippen LogP contribution in [0.1, 0.15) is 37.0 Å². The predicted molar refractivity (Wildman–Crippen MR) is 79.3 cm³/mol. The van der Waals surface area contributed by atoms with E-state index in [1.165, 1.54) is 10.6 Å². The van der Waals surface area contributed by atoms with E-state index in [2.05, 4.69) is 55.2 Å².